The van der Waals surface area contributed by atoms with Gasteiger partial charge < -0.3 is 18.9 Å². The van der Waals surface area contributed by atoms with Gasteiger partial charge in [-0.25, -0.2) is 0 Å². The van der Waals surface area contributed by atoms with Crippen LogP contribution >= 0.6 is 12.8 Å². The topological polar surface area (TPSA) is 72.5 Å². The molecule has 130 valence electrons. The van der Waals surface area contributed by atoms with Crippen molar-refractivity contribution in [3.05, 3.63) is 41.9 Å². The molecule has 1 fully saturated rings. The lowest BCUT2D eigenvalue weighted by atomic mass is 10.1. The molecular weight excluding hydrogens is 336 g/mol. The van der Waals surface area contributed by atoms with Crippen LogP contribution in [0, 0.1) is 11.3 Å². The minimum atomic E-state index is -0.369. The van der Waals surface area contributed by atoms with Crippen LogP contribution in [-0.4, -0.2) is 26.0 Å². The number of piperidine rings is 1. The van der Waals surface area contributed by atoms with E-state index in [9.17, 15) is 4.79 Å². The highest BCUT2D eigenvalue weighted by atomic mass is 32.1. The smallest absolute Gasteiger partial charge is 0.291 e. The van der Waals surface area contributed by atoms with Crippen molar-refractivity contribution in [2.24, 2.45) is 0 Å². The number of benzene rings is 1. The summed E-state index contributed by atoms with van der Waals surface area (Å²) in [4.78, 5) is 14.7. The molecule has 0 bridgehead atoms. The van der Waals surface area contributed by atoms with Gasteiger partial charge in [-0.1, -0.05) is 12.8 Å². The van der Waals surface area contributed by atoms with Crippen LogP contribution in [0.25, 0.3) is 0 Å². The van der Waals surface area contributed by atoms with Crippen LogP contribution in [-0.2, 0) is 0 Å². The number of amides is 1. The third kappa shape index (κ3) is 3.91. The van der Waals surface area contributed by atoms with Gasteiger partial charge in [0.05, 0.1) is 11.4 Å². The molecule has 1 aromatic heterocycles. The van der Waals surface area contributed by atoms with Gasteiger partial charge >= 0.3 is 0 Å². The maximum Gasteiger partial charge on any atom is 0.291 e. The van der Waals surface area contributed by atoms with Crippen molar-refractivity contribution in [3.63, 3.8) is 0 Å². The van der Waals surface area contributed by atoms with Crippen molar-refractivity contribution in [2.75, 3.05) is 34.7 Å². The molecule has 0 saturated carbocycles. The van der Waals surface area contributed by atoms with Gasteiger partial charge in [0.2, 0.25) is 5.76 Å². The number of nitrogens with zero attached hydrogens (tertiary/aromatic N) is 3. The molecule has 3 rings (SSSR count). The van der Waals surface area contributed by atoms with Crippen LogP contribution in [0.15, 0.2) is 34.7 Å². The quantitative estimate of drug-likeness (QED) is 0.818. The maximum absolute atomic E-state index is 12.4. The molecule has 1 aliphatic heterocycles. The fraction of sp³-hybridized carbons (Fsp3) is 0.333. The summed E-state index contributed by atoms with van der Waals surface area (Å²) in [5.41, 5.74) is 2.64. The highest BCUT2D eigenvalue weighted by Crippen LogP contribution is 2.33. The Balaban J connectivity index is 1.88. The monoisotopic (exact) mass is 356 g/mol. The molecule has 2 aromatic rings. The van der Waals surface area contributed by atoms with Crippen molar-refractivity contribution in [2.45, 2.75) is 19.3 Å². The van der Waals surface area contributed by atoms with Crippen LogP contribution in [0.4, 0.5) is 17.1 Å². The lowest BCUT2D eigenvalue weighted by Crippen LogP contribution is -2.30. The molecule has 1 amide bonds. The fourth-order valence-electron chi connectivity index (χ4n) is 2.93. The fourth-order valence-corrected chi connectivity index (χ4v) is 3.05. The van der Waals surface area contributed by atoms with Crippen LogP contribution in [0.1, 0.15) is 35.6 Å². The number of hydrogen-bond donors (Lipinski definition) is 2. The van der Waals surface area contributed by atoms with E-state index in [1.165, 1.54) is 18.6 Å². The van der Waals surface area contributed by atoms with Gasteiger partial charge in [-0.15, -0.1) is 0 Å². The molecule has 0 unspecified atom stereocenters. The van der Waals surface area contributed by atoms with Crippen molar-refractivity contribution < 1.29 is 9.21 Å². The molecule has 25 heavy (non-hydrogen) atoms. The third-order valence-electron chi connectivity index (χ3n) is 4.24. The normalized spacial score (nSPS) is 14.0. The van der Waals surface area contributed by atoms with Crippen molar-refractivity contribution in [1.82, 2.24) is 0 Å². The van der Waals surface area contributed by atoms with Crippen LogP contribution in [0.5, 0.6) is 0 Å². The second-order valence-corrected chi connectivity index (χ2v) is 6.60. The van der Waals surface area contributed by atoms with Gasteiger partial charge in [0.25, 0.3) is 5.91 Å². The van der Waals surface area contributed by atoms with Gasteiger partial charge in [0.15, 0.2) is 5.76 Å². The van der Waals surface area contributed by atoms with Crippen LogP contribution < -0.4 is 14.5 Å². The zero-order chi connectivity index (χ0) is 17.8. The summed E-state index contributed by atoms with van der Waals surface area (Å²) in [6, 6.07) is 10.7. The number of furan rings is 1. The van der Waals surface area contributed by atoms with E-state index in [0.29, 0.717) is 0 Å². The summed E-state index contributed by atoms with van der Waals surface area (Å²) >= 11 is 4.36. The highest BCUT2D eigenvalue weighted by Gasteiger charge is 2.19. The molecule has 1 aromatic carbocycles. The zero-order valence-corrected chi connectivity index (χ0v) is 14.9. The van der Waals surface area contributed by atoms with Gasteiger partial charge in [-0.3, -0.25) is 4.79 Å². The molecular formula is C18H20N4O2S. The molecule has 1 saturated heterocycles. The maximum atomic E-state index is 12.4. The van der Waals surface area contributed by atoms with E-state index >= 15 is 0 Å². The number of carbonyl (C=O) groups is 1. The van der Waals surface area contributed by atoms with E-state index in [1.54, 1.807) is 4.31 Å². The molecule has 0 spiro atoms. The molecule has 7 heteroatoms. The van der Waals surface area contributed by atoms with Gasteiger partial charge in [-0.2, -0.15) is 5.26 Å². The number of carbonyl (C=O) groups excluding carboxylic acids is 1. The van der Waals surface area contributed by atoms with Crippen molar-refractivity contribution >= 4 is 35.8 Å². The summed E-state index contributed by atoms with van der Waals surface area (Å²) in [6.45, 7) is 1.92. The van der Waals surface area contributed by atoms with Crippen LogP contribution in [0.3, 0.4) is 0 Å². The first kappa shape index (κ1) is 17.2. The van der Waals surface area contributed by atoms with E-state index in [1.807, 2.05) is 31.3 Å². The number of rotatable bonds is 4. The Morgan fingerprint density at radius 3 is 2.68 bits per heavy atom. The van der Waals surface area contributed by atoms with E-state index in [4.69, 9.17) is 9.68 Å². The third-order valence-corrected chi connectivity index (χ3v) is 4.47. The Labute approximate surface area is 152 Å². The number of thiol groups is 1. The van der Waals surface area contributed by atoms with E-state index in [-0.39, 0.29) is 17.4 Å². The van der Waals surface area contributed by atoms with Crippen molar-refractivity contribution in [1.29, 1.82) is 5.26 Å². The van der Waals surface area contributed by atoms with Gasteiger partial charge in [0.1, 0.15) is 6.07 Å². The minimum absolute atomic E-state index is 0.119. The lowest BCUT2D eigenvalue weighted by Gasteiger charge is -2.31. The Hall–Kier alpha value is -2.59. The van der Waals surface area contributed by atoms with Gasteiger partial charge in [-0.05, 0) is 49.6 Å². The van der Waals surface area contributed by atoms with E-state index in [0.717, 1.165) is 43.0 Å². The molecule has 2 heterocycles. The number of nitriles is 1. The number of anilines is 3. The first-order valence-corrected chi connectivity index (χ1v) is 8.61. The highest BCUT2D eigenvalue weighted by molar-refractivity contribution is 7.81. The molecule has 1 aliphatic rings. The Kier molecular flexibility index (Phi) is 5.19. The summed E-state index contributed by atoms with van der Waals surface area (Å²) in [6.07, 6.45) is 3.50. The molecule has 6 nitrogen and oxygen atoms in total. The minimum Gasteiger partial charge on any atom is -0.440 e. The SMILES string of the molecule is CN(S)c1ccc(NC(=O)c2ccc(C#N)o2)c(N2CCCCC2)c1. The Morgan fingerprint density at radius 2 is 2.04 bits per heavy atom. The van der Waals surface area contributed by atoms with E-state index < -0.39 is 0 Å². The number of nitrogens with one attached hydrogen (secondary N) is 1. The average molecular weight is 356 g/mol. The average Bonchev–Trinajstić information content (AvgIpc) is 3.12. The second-order valence-electron chi connectivity index (χ2n) is 6.00. The molecule has 0 atom stereocenters. The molecule has 0 radical (unpaired) electrons. The standard InChI is InChI=1S/C18H20N4O2S/c1-21(25)13-5-7-15(16(11-13)22-9-3-2-4-10-22)20-18(23)17-8-6-14(12-19)24-17/h5-8,11,25H,2-4,9-10H2,1H3,(H,20,23). The predicted molar refractivity (Wildman–Crippen MR) is 101 cm³/mol. The molecule has 1 N–H and O–H groups in total. The summed E-state index contributed by atoms with van der Waals surface area (Å²) in [7, 11) is 1.86. The Bertz CT molecular complexity index is 804. The number of hydrogen-bond acceptors (Lipinski definition) is 6. The summed E-state index contributed by atoms with van der Waals surface area (Å²) < 4.78 is 6.95. The second kappa shape index (κ2) is 7.53. The predicted octanol–water partition coefficient (Wildman–Crippen LogP) is 3.67. The first-order valence-electron chi connectivity index (χ1n) is 8.21. The summed E-state index contributed by atoms with van der Waals surface area (Å²) in [5, 5.41) is 11.7. The molecule has 0 aliphatic carbocycles. The summed E-state index contributed by atoms with van der Waals surface area (Å²) in [5.74, 6) is -0.128. The van der Waals surface area contributed by atoms with E-state index in [2.05, 4.69) is 23.0 Å². The lowest BCUT2D eigenvalue weighted by molar-refractivity contribution is 0.0996. The largest absolute Gasteiger partial charge is 0.440 e. The zero-order valence-electron chi connectivity index (χ0n) is 14.0. The van der Waals surface area contributed by atoms with Gasteiger partial charge in [0, 0.05) is 25.8 Å². The Morgan fingerprint density at radius 1 is 1.28 bits per heavy atom. The van der Waals surface area contributed by atoms with Crippen LogP contribution in [0.2, 0.25) is 0 Å². The van der Waals surface area contributed by atoms with Crippen molar-refractivity contribution in [3.8, 4) is 6.07 Å². The first-order chi connectivity index (χ1) is 12.1.